The third-order valence-corrected chi connectivity index (χ3v) is 5.33. The first kappa shape index (κ1) is 16.2. The Morgan fingerprint density at radius 1 is 1.00 bits per heavy atom. The Morgan fingerprint density at radius 2 is 1.57 bits per heavy atom. The number of benzene rings is 2. The highest BCUT2D eigenvalue weighted by atomic mass is 79.9. The largest absolute Gasteiger partial charge is 0.240 e. The highest BCUT2D eigenvalue weighted by Gasteiger charge is 2.23. The fraction of sp³-hybridized carbons (Fsp3) is 0.250. The number of hydrogen-bond donors (Lipinski definition) is 1. The fourth-order valence-corrected chi connectivity index (χ4v) is 3.44. The minimum atomic E-state index is -3.49. The third-order valence-electron chi connectivity index (χ3n) is 3.38. The Kier molecular flexibility index (Phi) is 4.86. The Hall–Kier alpha value is -1.17. The van der Waals surface area contributed by atoms with E-state index in [0.29, 0.717) is 6.54 Å². The quantitative estimate of drug-likeness (QED) is 0.875. The molecule has 0 aromatic heterocycles. The molecule has 0 aliphatic heterocycles. The number of sulfonamides is 1. The summed E-state index contributed by atoms with van der Waals surface area (Å²) >= 11 is 3.30. The van der Waals surface area contributed by atoms with Gasteiger partial charge >= 0.3 is 0 Å². The number of hydrogen-bond acceptors (Lipinski definition) is 2. The molecular weight excluding hydrogens is 350 g/mol. The van der Waals surface area contributed by atoms with Gasteiger partial charge in [0.1, 0.15) is 0 Å². The average Bonchev–Trinajstić information content (AvgIpc) is 2.47. The van der Waals surface area contributed by atoms with Gasteiger partial charge in [0, 0.05) is 16.4 Å². The molecule has 5 heteroatoms. The predicted molar refractivity (Wildman–Crippen MR) is 88.8 cm³/mol. The molecule has 2 aromatic rings. The minimum absolute atomic E-state index is 0.273. The fourth-order valence-electron chi connectivity index (χ4n) is 1.96. The summed E-state index contributed by atoms with van der Waals surface area (Å²) in [6.45, 7) is 4.38. The molecule has 1 N–H and O–H groups in total. The van der Waals surface area contributed by atoms with Crippen LogP contribution >= 0.6 is 15.9 Å². The van der Waals surface area contributed by atoms with E-state index in [1.807, 2.05) is 44.2 Å². The maximum Gasteiger partial charge on any atom is 0.240 e. The zero-order valence-corrected chi connectivity index (χ0v) is 14.4. The topological polar surface area (TPSA) is 46.2 Å². The molecule has 3 nitrogen and oxygen atoms in total. The van der Waals surface area contributed by atoms with Gasteiger partial charge in [0.15, 0.2) is 0 Å². The SMILES string of the molecule is CC(C)(CNS(=O)(=O)c1ccc(Br)cc1)c1ccccc1. The lowest BCUT2D eigenvalue weighted by atomic mass is 9.85. The van der Waals surface area contributed by atoms with Crippen LogP contribution in [-0.2, 0) is 15.4 Å². The second kappa shape index (κ2) is 6.30. The van der Waals surface area contributed by atoms with Gasteiger partial charge in [-0.1, -0.05) is 60.1 Å². The highest BCUT2D eigenvalue weighted by molar-refractivity contribution is 9.10. The molecule has 0 aliphatic carbocycles. The number of nitrogens with one attached hydrogen (secondary N) is 1. The van der Waals surface area contributed by atoms with Crippen LogP contribution in [0, 0.1) is 0 Å². The van der Waals surface area contributed by atoms with E-state index in [4.69, 9.17) is 0 Å². The van der Waals surface area contributed by atoms with Crippen molar-refractivity contribution in [3.63, 3.8) is 0 Å². The zero-order chi connectivity index (χ0) is 15.5. The van der Waals surface area contributed by atoms with Crippen molar-refractivity contribution in [1.82, 2.24) is 4.72 Å². The lowest BCUT2D eigenvalue weighted by Crippen LogP contribution is -2.36. The Balaban J connectivity index is 2.13. The minimum Gasteiger partial charge on any atom is -0.210 e. The average molecular weight is 368 g/mol. The van der Waals surface area contributed by atoms with Crippen LogP contribution in [0.1, 0.15) is 19.4 Å². The van der Waals surface area contributed by atoms with E-state index >= 15 is 0 Å². The van der Waals surface area contributed by atoms with Gasteiger partial charge in [0.2, 0.25) is 10.0 Å². The van der Waals surface area contributed by atoms with Crippen molar-refractivity contribution in [2.24, 2.45) is 0 Å². The van der Waals surface area contributed by atoms with E-state index in [-0.39, 0.29) is 10.3 Å². The van der Waals surface area contributed by atoms with Crippen LogP contribution in [0.5, 0.6) is 0 Å². The van der Waals surface area contributed by atoms with Crippen molar-refractivity contribution < 1.29 is 8.42 Å². The number of halogens is 1. The molecule has 0 radical (unpaired) electrons. The summed E-state index contributed by atoms with van der Waals surface area (Å²) in [4.78, 5) is 0.273. The first-order valence-corrected chi connectivity index (χ1v) is 8.90. The second-order valence-electron chi connectivity index (χ2n) is 5.53. The molecule has 2 aromatic carbocycles. The zero-order valence-electron chi connectivity index (χ0n) is 12.0. The molecule has 112 valence electrons. The predicted octanol–water partition coefficient (Wildman–Crippen LogP) is 3.71. The van der Waals surface area contributed by atoms with Crippen LogP contribution < -0.4 is 4.72 Å². The van der Waals surface area contributed by atoms with E-state index in [1.165, 1.54) is 0 Å². The van der Waals surface area contributed by atoms with Crippen LogP contribution in [0.25, 0.3) is 0 Å². The van der Waals surface area contributed by atoms with Gasteiger partial charge < -0.3 is 0 Å². The first-order chi connectivity index (χ1) is 9.81. The molecule has 0 spiro atoms. The van der Waals surface area contributed by atoms with Crippen LogP contribution in [-0.4, -0.2) is 15.0 Å². The van der Waals surface area contributed by atoms with Crippen LogP contribution in [0.15, 0.2) is 64.0 Å². The second-order valence-corrected chi connectivity index (χ2v) is 8.21. The van der Waals surface area contributed by atoms with Gasteiger partial charge in [-0.05, 0) is 29.8 Å². The van der Waals surface area contributed by atoms with Crippen molar-refractivity contribution in [2.75, 3.05) is 6.54 Å². The monoisotopic (exact) mass is 367 g/mol. The van der Waals surface area contributed by atoms with Crippen molar-refractivity contribution >= 4 is 26.0 Å². The molecule has 21 heavy (non-hydrogen) atoms. The van der Waals surface area contributed by atoms with Crippen LogP contribution in [0.3, 0.4) is 0 Å². The van der Waals surface area contributed by atoms with Gasteiger partial charge in [-0.3, -0.25) is 0 Å². The van der Waals surface area contributed by atoms with E-state index < -0.39 is 10.0 Å². The smallest absolute Gasteiger partial charge is 0.210 e. The molecule has 0 saturated carbocycles. The molecule has 0 fully saturated rings. The summed E-state index contributed by atoms with van der Waals surface area (Å²) in [5.74, 6) is 0. The van der Waals surface area contributed by atoms with Crippen LogP contribution in [0.2, 0.25) is 0 Å². The first-order valence-electron chi connectivity index (χ1n) is 6.62. The Bertz CT molecular complexity index is 695. The molecule has 0 atom stereocenters. The van der Waals surface area contributed by atoms with Crippen LogP contribution in [0.4, 0.5) is 0 Å². The Morgan fingerprint density at radius 3 is 2.14 bits per heavy atom. The molecular formula is C16H18BrNO2S. The maximum absolute atomic E-state index is 12.3. The summed E-state index contributed by atoms with van der Waals surface area (Å²) in [6, 6.07) is 16.5. The molecule has 0 saturated heterocycles. The highest BCUT2D eigenvalue weighted by Crippen LogP contribution is 2.23. The maximum atomic E-state index is 12.3. The van der Waals surface area contributed by atoms with E-state index in [9.17, 15) is 8.42 Å². The summed E-state index contributed by atoms with van der Waals surface area (Å²) in [6.07, 6.45) is 0. The molecule has 2 rings (SSSR count). The van der Waals surface area contributed by atoms with E-state index in [2.05, 4.69) is 20.7 Å². The van der Waals surface area contributed by atoms with E-state index in [1.54, 1.807) is 24.3 Å². The standard InChI is InChI=1S/C16H18BrNO2S/c1-16(2,13-6-4-3-5-7-13)12-18-21(19,20)15-10-8-14(17)9-11-15/h3-11,18H,12H2,1-2H3. The van der Waals surface area contributed by atoms with E-state index in [0.717, 1.165) is 10.0 Å². The van der Waals surface area contributed by atoms with Crippen molar-refractivity contribution in [3.05, 3.63) is 64.6 Å². The third kappa shape index (κ3) is 4.15. The summed E-state index contributed by atoms with van der Waals surface area (Å²) in [5, 5.41) is 0. The Labute approximate surface area is 134 Å². The molecule has 0 amide bonds. The summed E-state index contributed by atoms with van der Waals surface area (Å²) < 4.78 is 28.1. The molecule has 0 unspecified atom stereocenters. The van der Waals surface area contributed by atoms with Gasteiger partial charge in [-0.2, -0.15) is 0 Å². The van der Waals surface area contributed by atoms with Gasteiger partial charge in [0.25, 0.3) is 0 Å². The summed E-state index contributed by atoms with van der Waals surface area (Å²) in [7, 11) is -3.49. The van der Waals surface area contributed by atoms with Gasteiger partial charge in [0.05, 0.1) is 4.90 Å². The normalized spacial score (nSPS) is 12.3. The van der Waals surface area contributed by atoms with Gasteiger partial charge in [-0.15, -0.1) is 0 Å². The van der Waals surface area contributed by atoms with Crippen molar-refractivity contribution in [3.8, 4) is 0 Å². The van der Waals surface area contributed by atoms with Crippen molar-refractivity contribution in [2.45, 2.75) is 24.2 Å². The molecule has 0 heterocycles. The summed E-state index contributed by atoms with van der Waals surface area (Å²) in [5.41, 5.74) is 0.826. The van der Waals surface area contributed by atoms with Crippen molar-refractivity contribution in [1.29, 1.82) is 0 Å². The molecule has 0 bridgehead atoms. The van der Waals surface area contributed by atoms with Gasteiger partial charge in [-0.25, -0.2) is 13.1 Å². The lowest BCUT2D eigenvalue weighted by molar-refractivity contribution is 0.501. The molecule has 0 aliphatic rings. The lowest BCUT2D eigenvalue weighted by Gasteiger charge is -2.25. The number of rotatable bonds is 5.